The van der Waals surface area contributed by atoms with Crippen LogP contribution in [0.3, 0.4) is 0 Å². The number of rotatable bonds is 5. The number of esters is 1. The van der Waals surface area contributed by atoms with Crippen molar-refractivity contribution >= 4 is 23.7 Å². The Kier molecular flexibility index (Phi) is 6.37. The summed E-state index contributed by atoms with van der Waals surface area (Å²) in [5, 5.41) is 13.0. The molecule has 3 fully saturated rings. The van der Waals surface area contributed by atoms with Crippen molar-refractivity contribution in [1.82, 2.24) is 15.1 Å². The Hall–Kier alpha value is -4.19. The predicted molar refractivity (Wildman–Crippen MR) is 144 cm³/mol. The van der Waals surface area contributed by atoms with Crippen molar-refractivity contribution in [2.24, 2.45) is 5.41 Å². The zero-order valence-electron chi connectivity index (χ0n) is 22.5. The number of likely N-dealkylation sites (tertiary alicyclic amines) is 2. The fraction of sp³-hybridized carbons (Fsp3) is 0.452. The van der Waals surface area contributed by atoms with E-state index in [1.807, 2.05) is 30.3 Å². The van der Waals surface area contributed by atoms with Gasteiger partial charge < -0.3 is 19.9 Å². The number of piperidine rings is 1. The summed E-state index contributed by atoms with van der Waals surface area (Å²) in [7, 11) is 0. The summed E-state index contributed by atoms with van der Waals surface area (Å²) in [5.41, 5.74) is 1.02. The Balaban J connectivity index is 1.19. The number of carbonyl (C=O) groups excluding carboxylic acids is 4. The van der Waals surface area contributed by atoms with Gasteiger partial charge in [0, 0.05) is 43.2 Å². The maximum atomic E-state index is 13.6. The third-order valence-corrected chi connectivity index (χ3v) is 9.14. The van der Waals surface area contributed by atoms with Gasteiger partial charge in [0.2, 0.25) is 5.91 Å². The lowest BCUT2D eigenvalue weighted by atomic mass is 9.74. The lowest BCUT2D eigenvalue weighted by Crippen LogP contribution is -2.46. The molecule has 1 saturated carbocycles. The Bertz CT molecular complexity index is 1420. The van der Waals surface area contributed by atoms with Gasteiger partial charge in [0.25, 0.3) is 11.8 Å². The first-order chi connectivity index (χ1) is 19.3. The molecule has 1 aliphatic carbocycles. The average Bonchev–Trinajstić information content (AvgIpc) is 3.70. The number of amides is 3. The summed E-state index contributed by atoms with van der Waals surface area (Å²) in [4.78, 5) is 55.8. The number of fused-ring (bicyclic) bond motifs is 3. The molecule has 2 atom stereocenters. The van der Waals surface area contributed by atoms with E-state index in [0.29, 0.717) is 63.0 Å². The molecule has 2 unspecified atom stereocenters. The Morgan fingerprint density at radius 3 is 2.40 bits per heavy atom. The molecule has 0 radical (unpaired) electrons. The minimum absolute atomic E-state index is 0.130. The van der Waals surface area contributed by atoms with Crippen LogP contribution in [-0.2, 0) is 19.7 Å². The van der Waals surface area contributed by atoms with Crippen molar-refractivity contribution in [3.63, 3.8) is 0 Å². The highest BCUT2D eigenvalue weighted by Crippen LogP contribution is 2.49. The molecule has 0 spiro atoms. The highest BCUT2D eigenvalue weighted by Gasteiger charge is 2.60. The zero-order valence-corrected chi connectivity index (χ0v) is 22.5. The van der Waals surface area contributed by atoms with Crippen LogP contribution >= 0.6 is 0 Å². The van der Waals surface area contributed by atoms with Gasteiger partial charge in [0.15, 0.2) is 0 Å². The van der Waals surface area contributed by atoms with Gasteiger partial charge in [-0.05, 0) is 61.9 Å². The number of nitrogens with zero attached hydrogens (tertiary/aromatic N) is 3. The third kappa shape index (κ3) is 4.14. The van der Waals surface area contributed by atoms with E-state index in [1.54, 1.807) is 34.9 Å². The molecule has 6 rings (SSSR count). The summed E-state index contributed by atoms with van der Waals surface area (Å²) in [5.74, 6) is -1.24. The van der Waals surface area contributed by atoms with E-state index in [1.165, 1.54) is 0 Å². The molecule has 2 saturated heterocycles. The maximum absolute atomic E-state index is 13.6. The first-order valence-electron chi connectivity index (χ1n) is 14.0. The molecule has 0 aromatic heterocycles. The number of benzene rings is 2. The van der Waals surface area contributed by atoms with E-state index in [0.717, 1.165) is 11.1 Å². The van der Waals surface area contributed by atoms with E-state index < -0.39 is 16.8 Å². The first kappa shape index (κ1) is 26.1. The van der Waals surface area contributed by atoms with Gasteiger partial charge in [-0.1, -0.05) is 30.3 Å². The van der Waals surface area contributed by atoms with Gasteiger partial charge >= 0.3 is 5.97 Å². The molecule has 3 amide bonds. The topological polar surface area (TPSA) is 120 Å². The fourth-order valence-corrected chi connectivity index (χ4v) is 6.59. The van der Waals surface area contributed by atoms with Crippen LogP contribution in [0.4, 0.5) is 0 Å². The molecule has 3 aliphatic heterocycles. The lowest BCUT2D eigenvalue weighted by molar-refractivity contribution is -0.157. The van der Waals surface area contributed by atoms with Crippen molar-refractivity contribution in [2.75, 3.05) is 32.8 Å². The third-order valence-electron chi connectivity index (χ3n) is 9.14. The van der Waals surface area contributed by atoms with Crippen molar-refractivity contribution in [3.05, 3.63) is 70.8 Å². The van der Waals surface area contributed by atoms with E-state index in [-0.39, 0.29) is 36.3 Å². The zero-order chi connectivity index (χ0) is 28.1. The Morgan fingerprint density at radius 2 is 1.75 bits per heavy atom. The van der Waals surface area contributed by atoms with Gasteiger partial charge in [0.05, 0.1) is 24.1 Å². The first-order valence-corrected chi connectivity index (χ1v) is 14.0. The predicted octanol–water partition coefficient (Wildman–Crippen LogP) is 2.77. The second-order valence-corrected chi connectivity index (χ2v) is 11.4. The van der Waals surface area contributed by atoms with E-state index in [9.17, 15) is 24.4 Å². The minimum Gasteiger partial charge on any atom is -0.465 e. The van der Waals surface area contributed by atoms with Gasteiger partial charge in [-0.3, -0.25) is 19.2 Å². The van der Waals surface area contributed by atoms with Crippen LogP contribution < -0.4 is 5.32 Å². The van der Waals surface area contributed by atoms with Crippen molar-refractivity contribution in [1.29, 1.82) is 5.26 Å². The number of nitrogens with one attached hydrogen (secondary N) is 1. The maximum Gasteiger partial charge on any atom is 0.321 e. The Labute approximate surface area is 233 Å². The molecule has 40 heavy (non-hydrogen) atoms. The lowest BCUT2D eigenvalue weighted by Gasteiger charge is -2.38. The SMILES string of the molecule is CCOC(=O)C1(C(=O)N2CC3NC(=O)c4ccc(C(=O)N5CCC(C#N)(c6ccccc6)CC5)cc4C3C2)CC1. The molecule has 3 heterocycles. The van der Waals surface area contributed by atoms with Crippen LogP contribution in [0.15, 0.2) is 48.5 Å². The summed E-state index contributed by atoms with van der Waals surface area (Å²) >= 11 is 0. The highest BCUT2D eigenvalue weighted by molar-refractivity contribution is 6.06. The van der Waals surface area contributed by atoms with E-state index in [2.05, 4.69) is 11.4 Å². The van der Waals surface area contributed by atoms with Crippen LogP contribution in [0.1, 0.15) is 70.4 Å². The second-order valence-electron chi connectivity index (χ2n) is 11.4. The number of hydrogen-bond donors (Lipinski definition) is 1. The molecular weight excluding hydrogens is 508 g/mol. The van der Waals surface area contributed by atoms with Crippen LogP contribution in [0, 0.1) is 16.7 Å². The van der Waals surface area contributed by atoms with Gasteiger partial charge in [-0.25, -0.2) is 0 Å². The van der Waals surface area contributed by atoms with Crippen molar-refractivity contribution < 1.29 is 23.9 Å². The average molecular weight is 541 g/mol. The van der Waals surface area contributed by atoms with Crippen LogP contribution in [0.5, 0.6) is 0 Å². The quantitative estimate of drug-likeness (QED) is 0.460. The molecule has 2 aromatic rings. The van der Waals surface area contributed by atoms with Crippen LogP contribution in [0.2, 0.25) is 0 Å². The van der Waals surface area contributed by atoms with Gasteiger partial charge in [-0.2, -0.15) is 5.26 Å². The number of nitriles is 1. The highest BCUT2D eigenvalue weighted by atomic mass is 16.5. The molecule has 1 N–H and O–H groups in total. The fourth-order valence-electron chi connectivity index (χ4n) is 6.59. The molecule has 206 valence electrons. The molecule has 2 aromatic carbocycles. The monoisotopic (exact) mass is 540 g/mol. The number of hydrogen-bond acceptors (Lipinski definition) is 6. The van der Waals surface area contributed by atoms with E-state index in [4.69, 9.17) is 4.74 Å². The summed E-state index contributed by atoms with van der Waals surface area (Å²) in [6.07, 6.45) is 2.06. The van der Waals surface area contributed by atoms with Gasteiger partial charge in [0.1, 0.15) is 5.41 Å². The Morgan fingerprint density at radius 1 is 1.02 bits per heavy atom. The molecule has 0 bridgehead atoms. The number of ether oxygens (including phenoxy) is 1. The van der Waals surface area contributed by atoms with Gasteiger partial charge in [-0.15, -0.1) is 0 Å². The normalized spacial score (nSPS) is 23.8. The standard InChI is InChI=1S/C31H32N4O5/c1-2-40-29(39)31(10-11-31)28(38)35-17-24-23-16-20(8-9-22(23)26(36)33-25(24)18-35)27(37)34-14-12-30(19-32,13-15-34)21-6-4-3-5-7-21/h3-9,16,24-25H,2,10-15,17-18H2,1H3,(H,33,36). The summed E-state index contributed by atoms with van der Waals surface area (Å²) in [6.45, 7) is 3.55. The van der Waals surface area contributed by atoms with E-state index >= 15 is 0 Å². The molecular formula is C31H32N4O5. The second kappa shape index (κ2) is 9.77. The summed E-state index contributed by atoms with van der Waals surface area (Å²) < 4.78 is 5.17. The van der Waals surface area contributed by atoms with Crippen LogP contribution in [-0.4, -0.2) is 72.3 Å². The smallest absolute Gasteiger partial charge is 0.321 e. The number of carbonyl (C=O) groups is 4. The minimum atomic E-state index is -1.10. The molecule has 9 heteroatoms. The van der Waals surface area contributed by atoms with Crippen LogP contribution in [0.25, 0.3) is 0 Å². The summed E-state index contributed by atoms with van der Waals surface area (Å²) in [6, 6.07) is 17.1. The molecule has 9 nitrogen and oxygen atoms in total. The van der Waals surface area contributed by atoms with Crippen molar-refractivity contribution in [2.45, 2.75) is 50.0 Å². The largest absolute Gasteiger partial charge is 0.465 e. The molecule has 4 aliphatic rings. The van der Waals surface area contributed by atoms with Crippen molar-refractivity contribution in [3.8, 4) is 6.07 Å².